The van der Waals surface area contributed by atoms with Gasteiger partial charge in [-0.05, 0) is 56.3 Å². The van der Waals surface area contributed by atoms with Crippen molar-refractivity contribution in [2.45, 2.75) is 31.7 Å². The van der Waals surface area contributed by atoms with Crippen molar-refractivity contribution in [2.75, 3.05) is 18.2 Å². The Bertz CT molecular complexity index is 1050. The summed E-state index contributed by atoms with van der Waals surface area (Å²) in [4.78, 5) is 12.2. The van der Waals surface area contributed by atoms with Gasteiger partial charge in [-0.15, -0.1) is 10.2 Å². The van der Waals surface area contributed by atoms with E-state index in [0.717, 1.165) is 11.8 Å². The van der Waals surface area contributed by atoms with Crippen molar-refractivity contribution >= 4 is 35.0 Å². The van der Waals surface area contributed by atoms with Gasteiger partial charge in [0, 0.05) is 11.6 Å². The maximum Gasteiger partial charge on any atom is 0.234 e. The summed E-state index contributed by atoms with van der Waals surface area (Å²) in [6.45, 7) is 4.44. The molecule has 0 aliphatic heterocycles. The number of ether oxygens (including phenoxy) is 2. The molecule has 0 saturated carbocycles. The van der Waals surface area contributed by atoms with Crippen LogP contribution in [0, 0.1) is 5.82 Å². The molecule has 7 nitrogen and oxygen atoms in total. The molecule has 0 aliphatic rings. The number of hydrogen-bond acceptors (Lipinski definition) is 6. The van der Waals surface area contributed by atoms with Gasteiger partial charge in [-0.25, -0.2) is 4.39 Å². The zero-order chi connectivity index (χ0) is 22.4. The van der Waals surface area contributed by atoms with Crippen LogP contribution in [0.1, 0.15) is 25.8 Å². The highest BCUT2D eigenvalue weighted by Crippen LogP contribution is 2.26. The molecule has 1 N–H and O–H groups in total. The standard InChI is InChI=1S/C21H22ClFN4O3S/c1-4-27-20(13(2)30-16-8-6-15(29-3)7-9-16)25-26-21(27)31-12-19(28)24-18-10-5-14(22)11-17(18)23/h5-11,13H,4,12H2,1-3H3,(H,24,28). The molecule has 1 unspecified atom stereocenters. The minimum Gasteiger partial charge on any atom is -0.497 e. The van der Waals surface area contributed by atoms with E-state index in [4.69, 9.17) is 21.1 Å². The van der Waals surface area contributed by atoms with Gasteiger partial charge in [-0.3, -0.25) is 4.79 Å². The summed E-state index contributed by atoms with van der Waals surface area (Å²) in [5, 5.41) is 11.8. The minimum absolute atomic E-state index is 0.0495. The largest absolute Gasteiger partial charge is 0.497 e. The zero-order valence-corrected chi connectivity index (χ0v) is 18.8. The normalized spacial score (nSPS) is 11.8. The maximum absolute atomic E-state index is 13.9. The van der Waals surface area contributed by atoms with E-state index in [1.807, 2.05) is 42.7 Å². The second-order valence-electron chi connectivity index (χ2n) is 6.48. The van der Waals surface area contributed by atoms with E-state index >= 15 is 0 Å². The van der Waals surface area contributed by atoms with Crippen LogP contribution in [0.25, 0.3) is 0 Å². The molecule has 0 saturated heterocycles. The number of carbonyl (C=O) groups is 1. The van der Waals surface area contributed by atoms with Crippen molar-refractivity contribution in [1.29, 1.82) is 0 Å². The Labute approximate surface area is 188 Å². The van der Waals surface area contributed by atoms with Crippen LogP contribution in [-0.4, -0.2) is 33.5 Å². The zero-order valence-electron chi connectivity index (χ0n) is 17.3. The van der Waals surface area contributed by atoms with Crippen molar-refractivity contribution < 1.29 is 18.7 Å². The molecular formula is C21H22ClFN4O3S. The quantitative estimate of drug-likeness (QED) is 0.450. The van der Waals surface area contributed by atoms with E-state index in [-0.39, 0.29) is 28.5 Å². The van der Waals surface area contributed by atoms with Crippen LogP contribution in [0.2, 0.25) is 5.02 Å². The van der Waals surface area contributed by atoms with E-state index in [1.54, 1.807) is 7.11 Å². The average Bonchev–Trinajstić information content (AvgIpc) is 3.18. The van der Waals surface area contributed by atoms with Gasteiger partial charge < -0.3 is 19.4 Å². The summed E-state index contributed by atoms with van der Waals surface area (Å²) in [6.07, 6.45) is -0.354. The van der Waals surface area contributed by atoms with E-state index in [0.29, 0.717) is 23.3 Å². The van der Waals surface area contributed by atoms with E-state index in [9.17, 15) is 9.18 Å². The van der Waals surface area contributed by atoms with Crippen molar-refractivity contribution in [3.63, 3.8) is 0 Å². The number of aromatic nitrogens is 3. The molecule has 1 amide bonds. The molecule has 164 valence electrons. The Morgan fingerprint density at radius 1 is 1.23 bits per heavy atom. The molecule has 0 radical (unpaired) electrons. The molecule has 1 atom stereocenters. The summed E-state index contributed by atoms with van der Waals surface area (Å²) >= 11 is 6.94. The third-order valence-electron chi connectivity index (χ3n) is 4.34. The molecule has 0 fully saturated rings. The number of carbonyl (C=O) groups excluding carboxylic acids is 1. The SMILES string of the molecule is CCn1c(SCC(=O)Nc2ccc(Cl)cc2F)nnc1C(C)Oc1ccc(OC)cc1. The molecule has 2 aromatic carbocycles. The lowest BCUT2D eigenvalue weighted by molar-refractivity contribution is -0.113. The predicted molar refractivity (Wildman–Crippen MR) is 118 cm³/mol. The van der Waals surface area contributed by atoms with Crippen LogP contribution >= 0.6 is 23.4 Å². The summed E-state index contributed by atoms with van der Waals surface area (Å²) in [6, 6.07) is 11.3. The summed E-state index contributed by atoms with van der Waals surface area (Å²) < 4.78 is 26.9. The van der Waals surface area contributed by atoms with Gasteiger partial charge in [-0.1, -0.05) is 23.4 Å². The van der Waals surface area contributed by atoms with Crippen LogP contribution in [0.5, 0.6) is 11.5 Å². The molecule has 31 heavy (non-hydrogen) atoms. The molecule has 0 bridgehead atoms. The topological polar surface area (TPSA) is 78.3 Å². The fourth-order valence-corrected chi connectivity index (χ4v) is 3.79. The number of nitrogens with zero attached hydrogens (tertiary/aromatic N) is 3. The molecule has 10 heteroatoms. The van der Waals surface area contributed by atoms with Crippen molar-refractivity contribution in [2.24, 2.45) is 0 Å². The molecule has 0 spiro atoms. The molecular weight excluding hydrogens is 443 g/mol. The number of rotatable bonds is 9. The minimum atomic E-state index is -0.589. The Morgan fingerprint density at radius 2 is 1.94 bits per heavy atom. The summed E-state index contributed by atoms with van der Waals surface area (Å²) in [5.41, 5.74) is 0.0779. The number of thioether (sulfide) groups is 1. The van der Waals surface area contributed by atoms with Crippen molar-refractivity contribution in [3.8, 4) is 11.5 Å². The lowest BCUT2D eigenvalue weighted by Crippen LogP contribution is -2.16. The van der Waals surface area contributed by atoms with E-state index in [2.05, 4.69) is 15.5 Å². The lowest BCUT2D eigenvalue weighted by atomic mass is 10.3. The maximum atomic E-state index is 13.9. The summed E-state index contributed by atoms with van der Waals surface area (Å²) in [7, 11) is 1.60. The number of benzene rings is 2. The smallest absolute Gasteiger partial charge is 0.234 e. The molecule has 0 aliphatic carbocycles. The third kappa shape index (κ3) is 5.89. The van der Waals surface area contributed by atoms with Gasteiger partial charge in [-0.2, -0.15) is 0 Å². The summed E-state index contributed by atoms with van der Waals surface area (Å²) in [5.74, 6) is 1.17. The molecule has 1 heterocycles. The van der Waals surface area contributed by atoms with Gasteiger partial charge in [0.05, 0.1) is 18.6 Å². The van der Waals surface area contributed by atoms with Gasteiger partial charge in [0.2, 0.25) is 5.91 Å². The van der Waals surface area contributed by atoms with Crippen molar-refractivity contribution in [3.05, 3.63) is 59.1 Å². The van der Waals surface area contributed by atoms with Gasteiger partial charge >= 0.3 is 0 Å². The average molecular weight is 465 g/mol. The number of nitrogens with one attached hydrogen (secondary N) is 1. The van der Waals surface area contributed by atoms with E-state index < -0.39 is 5.82 Å². The first-order chi connectivity index (χ1) is 14.9. The highest BCUT2D eigenvalue weighted by molar-refractivity contribution is 7.99. The molecule has 1 aromatic heterocycles. The number of halogens is 2. The van der Waals surface area contributed by atoms with Gasteiger partial charge in [0.15, 0.2) is 17.1 Å². The fourth-order valence-electron chi connectivity index (χ4n) is 2.82. The Balaban J connectivity index is 1.62. The lowest BCUT2D eigenvalue weighted by Gasteiger charge is -2.15. The highest BCUT2D eigenvalue weighted by Gasteiger charge is 2.20. The first kappa shape index (κ1) is 22.9. The number of methoxy groups -OCH3 is 1. The van der Waals surface area contributed by atoms with Crippen LogP contribution < -0.4 is 14.8 Å². The Morgan fingerprint density at radius 3 is 2.58 bits per heavy atom. The Kier molecular flexibility index (Phi) is 7.75. The molecule has 3 rings (SSSR count). The second-order valence-corrected chi connectivity index (χ2v) is 7.86. The van der Waals surface area contributed by atoms with Crippen molar-refractivity contribution in [1.82, 2.24) is 14.8 Å². The van der Waals surface area contributed by atoms with Crippen LogP contribution in [-0.2, 0) is 11.3 Å². The number of hydrogen-bond donors (Lipinski definition) is 1. The number of amides is 1. The van der Waals surface area contributed by atoms with E-state index in [1.165, 1.54) is 23.9 Å². The molecule has 3 aromatic rings. The highest BCUT2D eigenvalue weighted by atomic mass is 35.5. The van der Waals surface area contributed by atoms with Crippen LogP contribution in [0.4, 0.5) is 10.1 Å². The first-order valence-corrected chi connectivity index (χ1v) is 10.9. The van der Waals surface area contributed by atoms with Crippen LogP contribution in [0.15, 0.2) is 47.6 Å². The van der Waals surface area contributed by atoms with Gasteiger partial charge in [0.25, 0.3) is 0 Å². The van der Waals surface area contributed by atoms with Crippen LogP contribution in [0.3, 0.4) is 0 Å². The fraction of sp³-hybridized carbons (Fsp3) is 0.286. The number of anilines is 1. The second kappa shape index (κ2) is 10.5. The predicted octanol–water partition coefficient (Wildman–Crippen LogP) is 4.97. The van der Waals surface area contributed by atoms with Gasteiger partial charge in [0.1, 0.15) is 17.3 Å². The Hall–Kier alpha value is -2.78. The monoisotopic (exact) mass is 464 g/mol. The first-order valence-electron chi connectivity index (χ1n) is 9.52. The third-order valence-corrected chi connectivity index (χ3v) is 5.54.